The molecule has 0 fully saturated rings. The van der Waals surface area contributed by atoms with Crippen molar-refractivity contribution in [1.82, 2.24) is 5.32 Å². The average molecular weight is 937 g/mol. The molecule has 0 saturated carbocycles. The number of phenols is 2. The molecule has 2 unspecified atom stereocenters. The summed E-state index contributed by atoms with van der Waals surface area (Å²) in [4.78, 5) is 90.4. The van der Waals surface area contributed by atoms with Crippen molar-refractivity contribution in [3.05, 3.63) is 130 Å². The number of phenolic OH excluding ortho intramolecular Hbond substituents is 1. The lowest BCUT2D eigenvalue weighted by molar-refractivity contribution is -0.134. The van der Waals surface area contributed by atoms with Gasteiger partial charge in [0.15, 0.2) is 29.1 Å². The molecular weight excluding hydrogens is 891 g/mol. The third kappa shape index (κ3) is 12.3. The number of aromatic carboxylic acids is 1. The zero-order chi connectivity index (χ0) is 50.0. The van der Waals surface area contributed by atoms with E-state index >= 15 is 0 Å². The van der Waals surface area contributed by atoms with Crippen LogP contribution in [0.5, 0.6) is 23.0 Å². The fraction of sp³-hybridized carbons (Fsp3) is 0.196. The standard InChI is InChI=1S/C46H46N7O15/c1-22(2)67-37-32(20-18-30(35(37)54)44(60)51-33-21-19-31(46(62)63)36(55)38(33)68-23(3)4)50-42(58)24-6-14-28(15-7-24)49-45(61)34(39(66-5)40(47)56)52-43(59)25-8-12-27(13-9-25)48-41(57)26-10-16-29(17-11-26)53(64)65/h6-23,34,39,54-55,64H,1-5H3,(H2,47,56)(H,48,57)(H,49,61)(H,50,58)(H,51,60)(H,52,59)(H,62,63)/q-1. The van der Waals surface area contributed by atoms with Gasteiger partial charge < -0.3 is 72.3 Å². The molecule has 0 saturated heterocycles. The van der Waals surface area contributed by atoms with Gasteiger partial charge in [-0.2, -0.15) is 0 Å². The van der Waals surface area contributed by atoms with Crippen LogP contribution in [0.2, 0.25) is 0 Å². The molecule has 2 atom stereocenters. The van der Waals surface area contributed by atoms with Crippen LogP contribution in [0.4, 0.5) is 28.4 Å². The van der Waals surface area contributed by atoms with E-state index in [0.29, 0.717) is 0 Å². The Morgan fingerprint density at radius 2 is 1.01 bits per heavy atom. The van der Waals surface area contributed by atoms with Crippen LogP contribution >= 0.6 is 0 Å². The zero-order valence-electron chi connectivity index (χ0n) is 36.9. The summed E-state index contributed by atoms with van der Waals surface area (Å²) >= 11 is 0. The number of rotatable bonds is 19. The van der Waals surface area contributed by atoms with E-state index in [9.17, 15) is 54.1 Å². The first-order valence-electron chi connectivity index (χ1n) is 20.3. The molecule has 0 heterocycles. The van der Waals surface area contributed by atoms with E-state index < -0.39 is 82.8 Å². The lowest BCUT2D eigenvalue weighted by Crippen LogP contribution is -2.56. The maximum absolute atomic E-state index is 13.6. The molecule has 5 rings (SSSR count). The number of aromatic hydroxyl groups is 2. The number of carboxylic acids is 1. The average Bonchev–Trinajstić information content (AvgIpc) is 3.28. The molecule has 0 aliphatic heterocycles. The van der Waals surface area contributed by atoms with Crippen molar-refractivity contribution in [3.63, 3.8) is 0 Å². The summed E-state index contributed by atoms with van der Waals surface area (Å²) in [5, 5.41) is 63.7. The van der Waals surface area contributed by atoms with Crippen LogP contribution in [0.25, 0.3) is 0 Å². The smallest absolute Gasteiger partial charge is 0.339 e. The quantitative estimate of drug-likeness (QED) is 0.0484. The molecule has 68 heavy (non-hydrogen) atoms. The van der Waals surface area contributed by atoms with E-state index in [1.165, 1.54) is 91.0 Å². The van der Waals surface area contributed by atoms with Crippen LogP contribution in [-0.2, 0) is 14.3 Å². The van der Waals surface area contributed by atoms with Crippen LogP contribution in [0.1, 0.15) is 79.5 Å². The maximum Gasteiger partial charge on any atom is 0.339 e. The number of methoxy groups -OCH3 is 1. The number of nitrogens with zero attached hydrogens (tertiary/aromatic N) is 1. The van der Waals surface area contributed by atoms with Gasteiger partial charge in [0.2, 0.25) is 11.8 Å². The van der Waals surface area contributed by atoms with E-state index in [1.54, 1.807) is 27.7 Å². The number of nitrogens with one attached hydrogen (secondary N) is 5. The fourth-order valence-electron chi connectivity index (χ4n) is 6.28. The van der Waals surface area contributed by atoms with Gasteiger partial charge in [-0.15, -0.1) is 0 Å². The Hall–Kier alpha value is -8.73. The largest absolute Gasteiger partial charge is 0.733 e. The van der Waals surface area contributed by atoms with Gasteiger partial charge in [-0.25, -0.2) is 4.79 Å². The predicted octanol–water partition coefficient (Wildman–Crippen LogP) is 5.06. The lowest BCUT2D eigenvalue weighted by atomic mass is 10.1. The number of amides is 6. The summed E-state index contributed by atoms with van der Waals surface area (Å²) in [6, 6.07) is 19.0. The zero-order valence-corrected chi connectivity index (χ0v) is 36.9. The van der Waals surface area contributed by atoms with Crippen LogP contribution < -0.4 is 47.0 Å². The highest BCUT2D eigenvalue weighted by Crippen LogP contribution is 2.41. The highest BCUT2D eigenvalue weighted by atomic mass is 16.8. The van der Waals surface area contributed by atoms with Gasteiger partial charge in [0.25, 0.3) is 23.6 Å². The first kappa shape index (κ1) is 50.3. The molecule has 0 bridgehead atoms. The molecule has 356 valence electrons. The van der Waals surface area contributed by atoms with Crippen molar-refractivity contribution in [3.8, 4) is 23.0 Å². The monoisotopic (exact) mass is 936 g/mol. The number of hydrogen-bond donors (Lipinski definition) is 10. The molecule has 6 amide bonds. The minimum Gasteiger partial charge on any atom is -0.733 e. The van der Waals surface area contributed by atoms with Crippen molar-refractivity contribution in [2.24, 2.45) is 5.73 Å². The molecule has 0 aliphatic rings. The highest BCUT2D eigenvalue weighted by Gasteiger charge is 2.35. The number of ether oxygens (including phenoxy) is 3. The minimum absolute atomic E-state index is 0.0169. The van der Waals surface area contributed by atoms with Gasteiger partial charge in [0.05, 0.1) is 34.8 Å². The van der Waals surface area contributed by atoms with Crippen LogP contribution in [0.15, 0.2) is 97.1 Å². The topological polar surface area (TPSA) is 341 Å². The molecule has 11 N–H and O–H groups in total. The summed E-state index contributed by atoms with van der Waals surface area (Å²) in [7, 11) is 1.11. The number of primary amides is 1. The third-order valence-corrected chi connectivity index (χ3v) is 9.52. The Morgan fingerprint density at radius 1 is 0.588 bits per heavy atom. The Morgan fingerprint density at radius 3 is 1.47 bits per heavy atom. The second-order valence-electron chi connectivity index (χ2n) is 15.2. The first-order chi connectivity index (χ1) is 32.2. The van der Waals surface area contributed by atoms with E-state index in [-0.39, 0.29) is 67.4 Å². The summed E-state index contributed by atoms with van der Waals surface area (Å²) < 4.78 is 16.5. The first-order valence-corrected chi connectivity index (χ1v) is 20.3. The molecule has 0 aliphatic carbocycles. The highest BCUT2D eigenvalue weighted by molar-refractivity contribution is 6.11. The van der Waals surface area contributed by atoms with Crippen molar-refractivity contribution in [1.29, 1.82) is 0 Å². The second kappa shape index (κ2) is 22.0. The Kier molecular flexibility index (Phi) is 16.2. The normalized spacial score (nSPS) is 11.7. The summed E-state index contributed by atoms with van der Waals surface area (Å²) in [5.41, 5.74) is 5.12. The number of anilines is 5. The van der Waals surface area contributed by atoms with Crippen LogP contribution in [0.3, 0.4) is 0 Å². The number of benzene rings is 5. The van der Waals surface area contributed by atoms with E-state index in [1.807, 2.05) is 0 Å². The van der Waals surface area contributed by atoms with E-state index in [4.69, 9.17) is 25.2 Å². The van der Waals surface area contributed by atoms with E-state index in [2.05, 4.69) is 26.6 Å². The lowest BCUT2D eigenvalue weighted by Gasteiger charge is -2.24. The summed E-state index contributed by atoms with van der Waals surface area (Å²) in [6.07, 6.45) is -2.74. The van der Waals surface area contributed by atoms with Crippen LogP contribution in [-0.4, -0.2) is 93.4 Å². The molecule has 0 spiro atoms. The van der Waals surface area contributed by atoms with Gasteiger partial charge in [0.1, 0.15) is 11.6 Å². The Bertz CT molecular complexity index is 2710. The van der Waals surface area contributed by atoms with Crippen molar-refractivity contribution >= 4 is 69.8 Å². The van der Waals surface area contributed by atoms with Gasteiger partial charge in [-0.1, -0.05) is 0 Å². The number of hydrogen-bond acceptors (Lipinski definition) is 15. The van der Waals surface area contributed by atoms with Gasteiger partial charge in [-0.3, -0.25) is 34.0 Å². The number of carboxylic acid groups (broad SMARTS) is 1. The number of carbonyl (C=O) groups excluding carboxylic acids is 6. The Balaban J connectivity index is 1.27. The fourth-order valence-corrected chi connectivity index (χ4v) is 6.28. The minimum atomic E-state index is -1.67. The van der Waals surface area contributed by atoms with Gasteiger partial charge in [-0.05, 0) is 125 Å². The number of nitrogens with two attached hydrogens (primary N) is 1. The van der Waals surface area contributed by atoms with Gasteiger partial charge in [0, 0.05) is 35.2 Å². The molecular formula is C46H46N7O15-. The summed E-state index contributed by atoms with van der Waals surface area (Å²) in [6.45, 7) is 6.52. The summed E-state index contributed by atoms with van der Waals surface area (Å²) in [5.74, 6) is -8.40. The van der Waals surface area contributed by atoms with Crippen molar-refractivity contribution in [2.45, 2.75) is 52.0 Å². The van der Waals surface area contributed by atoms with Crippen molar-refractivity contribution in [2.75, 3.05) is 33.6 Å². The Labute approximate surface area is 387 Å². The van der Waals surface area contributed by atoms with E-state index in [0.717, 1.165) is 13.2 Å². The molecule has 22 heteroatoms. The second-order valence-corrected chi connectivity index (χ2v) is 15.2. The molecule has 0 aromatic heterocycles. The van der Waals surface area contributed by atoms with Crippen LogP contribution in [0, 0.1) is 5.21 Å². The number of carbonyl (C=O) groups is 7. The molecule has 0 radical (unpaired) electrons. The predicted molar refractivity (Wildman–Crippen MR) is 245 cm³/mol. The molecule has 5 aromatic rings. The molecule has 22 nitrogen and oxygen atoms in total. The van der Waals surface area contributed by atoms with Gasteiger partial charge >= 0.3 is 5.97 Å². The van der Waals surface area contributed by atoms with Crippen molar-refractivity contribution < 1.29 is 68.3 Å². The third-order valence-electron chi connectivity index (χ3n) is 9.52. The SMILES string of the molecule is COC(C(N)=O)C(NC(=O)c1ccc(NC(=O)c2ccc(N([O-])O)cc2)cc1)C(=O)Nc1ccc(C(=O)Nc2ccc(C(=O)Nc3ccc(C(=O)O)c(O)c3OC(C)C)c(O)c2OC(C)C)cc1. The maximum atomic E-state index is 13.6. The molecule has 5 aromatic carbocycles.